The fraction of sp³-hybridized carbons (Fsp3) is 0.207. The van der Waals surface area contributed by atoms with Crippen LogP contribution in [0.4, 0.5) is 0 Å². The van der Waals surface area contributed by atoms with Gasteiger partial charge in [0.2, 0.25) is 4.96 Å². The highest BCUT2D eigenvalue weighted by Crippen LogP contribution is 2.34. The van der Waals surface area contributed by atoms with E-state index in [1.807, 2.05) is 28.2 Å². The average Bonchev–Trinajstić information content (AvgIpc) is 3.72. The zero-order chi connectivity index (χ0) is 25.3. The van der Waals surface area contributed by atoms with Gasteiger partial charge in [-0.1, -0.05) is 65.9 Å². The molecule has 1 saturated heterocycles. The van der Waals surface area contributed by atoms with E-state index in [1.54, 1.807) is 23.7 Å². The maximum absolute atomic E-state index is 4.88. The lowest BCUT2D eigenvalue weighted by atomic mass is 9.95. The second-order valence-corrected chi connectivity index (χ2v) is 10.5. The molecule has 1 fully saturated rings. The Labute approximate surface area is 224 Å². The van der Waals surface area contributed by atoms with Gasteiger partial charge in [0.1, 0.15) is 22.7 Å². The van der Waals surface area contributed by atoms with Gasteiger partial charge in [-0.05, 0) is 43.6 Å². The van der Waals surface area contributed by atoms with Gasteiger partial charge in [0.15, 0.2) is 5.82 Å². The van der Waals surface area contributed by atoms with E-state index in [4.69, 9.17) is 4.98 Å². The van der Waals surface area contributed by atoms with E-state index in [0.717, 1.165) is 77.2 Å². The van der Waals surface area contributed by atoms with E-state index in [0.29, 0.717) is 5.92 Å². The Morgan fingerprint density at radius 1 is 0.842 bits per heavy atom. The summed E-state index contributed by atoms with van der Waals surface area (Å²) in [6.07, 6.45) is 5.70. The Morgan fingerprint density at radius 2 is 1.63 bits per heavy atom. The van der Waals surface area contributed by atoms with Gasteiger partial charge in [0.05, 0.1) is 0 Å². The molecule has 7 rings (SSSR count). The number of nitrogens with zero attached hydrogens (tertiary/aromatic N) is 7. The molecule has 1 aliphatic heterocycles. The third-order valence-electron chi connectivity index (χ3n) is 7.26. The number of pyridine rings is 1. The summed E-state index contributed by atoms with van der Waals surface area (Å²) in [7, 11) is 0. The lowest BCUT2D eigenvalue weighted by Gasteiger charge is -2.30. The summed E-state index contributed by atoms with van der Waals surface area (Å²) in [5, 5.41) is 13.4. The van der Waals surface area contributed by atoms with Crippen LogP contribution in [-0.4, -0.2) is 52.8 Å². The van der Waals surface area contributed by atoms with Crippen LogP contribution in [0.2, 0.25) is 0 Å². The SMILES string of the molecule is c1ccc(-c2nc3scnn3c2-c2ccc(CN3CCC(c4nnc(-c5ccncc5)[nH]4)CC3)cc2)cc1. The molecular weight excluding hydrogens is 492 g/mol. The molecule has 9 heteroatoms. The van der Waals surface area contributed by atoms with Crippen LogP contribution >= 0.6 is 11.3 Å². The summed E-state index contributed by atoms with van der Waals surface area (Å²) in [5.41, 5.74) is 8.41. The molecular formula is C29H26N8S. The van der Waals surface area contributed by atoms with Gasteiger partial charge in [-0.2, -0.15) is 5.10 Å². The Kier molecular flexibility index (Phi) is 5.99. The van der Waals surface area contributed by atoms with Crippen molar-refractivity contribution in [3.8, 4) is 33.9 Å². The van der Waals surface area contributed by atoms with Crippen molar-refractivity contribution >= 4 is 16.3 Å². The number of aromatic nitrogens is 7. The molecule has 0 radical (unpaired) electrons. The third-order valence-corrected chi connectivity index (χ3v) is 7.93. The Balaban J connectivity index is 1.03. The van der Waals surface area contributed by atoms with Crippen molar-refractivity contribution in [2.75, 3.05) is 13.1 Å². The second kappa shape index (κ2) is 9.92. The minimum atomic E-state index is 0.413. The van der Waals surface area contributed by atoms with E-state index in [9.17, 15) is 0 Å². The molecule has 188 valence electrons. The molecule has 1 N–H and O–H groups in total. The number of likely N-dealkylation sites (tertiary alicyclic amines) is 1. The first-order valence-electron chi connectivity index (χ1n) is 12.8. The number of hydrogen-bond acceptors (Lipinski definition) is 7. The summed E-state index contributed by atoms with van der Waals surface area (Å²) in [4.78, 5) is 15.8. The zero-order valence-electron chi connectivity index (χ0n) is 20.7. The number of nitrogens with one attached hydrogen (secondary N) is 1. The Morgan fingerprint density at radius 3 is 2.42 bits per heavy atom. The molecule has 5 heterocycles. The van der Waals surface area contributed by atoms with Gasteiger partial charge >= 0.3 is 0 Å². The number of piperidine rings is 1. The van der Waals surface area contributed by atoms with Gasteiger partial charge in [0.25, 0.3) is 0 Å². The van der Waals surface area contributed by atoms with Gasteiger partial charge in [-0.15, -0.1) is 10.2 Å². The second-order valence-electron chi connectivity index (χ2n) is 9.65. The van der Waals surface area contributed by atoms with Gasteiger partial charge < -0.3 is 4.98 Å². The summed E-state index contributed by atoms with van der Waals surface area (Å²) >= 11 is 1.56. The first-order valence-corrected chi connectivity index (χ1v) is 13.7. The van der Waals surface area contributed by atoms with Crippen LogP contribution in [0, 0.1) is 0 Å². The van der Waals surface area contributed by atoms with Crippen LogP contribution in [0.5, 0.6) is 0 Å². The normalized spacial score (nSPS) is 14.8. The van der Waals surface area contributed by atoms with Crippen molar-refractivity contribution in [3.63, 3.8) is 0 Å². The summed E-state index contributed by atoms with van der Waals surface area (Å²) < 4.78 is 1.95. The third kappa shape index (κ3) is 4.40. The molecule has 6 aromatic rings. The van der Waals surface area contributed by atoms with Gasteiger partial charge in [0, 0.05) is 41.5 Å². The molecule has 0 unspecified atom stereocenters. The van der Waals surface area contributed by atoms with Crippen LogP contribution in [0.15, 0.2) is 84.6 Å². The monoisotopic (exact) mass is 518 g/mol. The highest BCUT2D eigenvalue weighted by atomic mass is 32.1. The number of benzene rings is 2. The fourth-order valence-corrected chi connectivity index (χ4v) is 5.86. The van der Waals surface area contributed by atoms with Crippen molar-refractivity contribution in [2.45, 2.75) is 25.3 Å². The molecule has 0 amide bonds. The summed E-state index contributed by atoms with van der Waals surface area (Å²) in [6, 6.07) is 23.1. The van der Waals surface area contributed by atoms with Crippen LogP contribution in [0.25, 0.3) is 38.9 Å². The van der Waals surface area contributed by atoms with Crippen LogP contribution in [0.3, 0.4) is 0 Å². The number of H-pyrrole nitrogens is 1. The molecule has 0 bridgehead atoms. The molecule has 4 aromatic heterocycles. The van der Waals surface area contributed by atoms with Crippen molar-refractivity contribution in [3.05, 3.63) is 96.0 Å². The lowest BCUT2D eigenvalue weighted by Crippen LogP contribution is -2.32. The van der Waals surface area contributed by atoms with Crippen molar-refractivity contribution in [1.29, 1.82) is 0 Å². The number of aromatic amines is 1. The van der Waals surface area contributed by atoms with E-state index in [2.05, 4.69) is 78.7 Å². The number of imidazole rings is 1. The fourth-order valence-electron chi connectivity index (χ4n) is 5.24. The number of rotatable bonds is 6. The predicted octanol–water partition coefficient (Wildman–Crippen LogP) is 5.68. The maximum atomic E-state index is 4.88. The first-order chi connectivity index (χ1) is 18.8. The summed E-state index contributed by atoms with van der Waals surface area (Å²) in [5.74, 6) is 2.22. The highest BCUT2D eigenvalue weighted by Gasteiger charge is 2.24. The topological polar surface area (TPSA) is 87.9 Å². The largest absolute Gasteiger partial charge is 0.325 e. The quantitative estimate of drug-likeness (QED) is 0.305. The number of hydrogen-bond donors (Lipinski definition) is 1. The van der Waals surface area contributed by atoms with Gasteiger partial charge in [-0.3, -0.25) is 9.88 Å². The standard InChI is InChI=1S/C29H26N8S/c1-2-4-21(5-3-1)25-26(37-29(32-25)38-19-31-37)22-8-6-20(7-9-22)18-36-16-12-24(13-17-36)28-33-27(34-35-28)23-10-14-30-15-11-23/h1-11,14-15,19,24H,12-13,16-18H2,(H,33,34,35). The molecule has 0 atom stereocenters. The van der Waals surface area contributed by atoms with E-state index >= 15 is 0 Å². The molecule has 1 aliphatic rings. The van der Waals surface area contributed by atoms with E-state index in [1.165, 1.54) is 5.56 Å². The molecule has 8 nitrogen and oxygen atoms in total. The molecule has 2 aromatic carbocycles. The molecule has 38 heavy (non-hydrogen) atoms. The average molecular weight is 519 g/mol. The zero-order valence-corrected chi connectivity index (χ0v) is 21.6. The Bertz CT molecular complexity index is 1650. The molecule has 0 saturated carbocycles. The van der Waals surface area contributed by atoms with E-state index < -0.39 is 0 Å². The number of fused-ring (bicyclic) bond motifs is 1. The molecule has 0 aliphatic carbocycles. The molecule has 0 spiro atoms. The smallest absolute Gasteiger partial charge is 0.213 e. The van der Waals surface area contributed by atoms with Crippen molar-refractivity contribution in [1.82, 2.24) is 39.7 Å². The highest BCUT2D eigenvalue weighted by molar-refractivity contribution is 7.14. The van der Waals surface area contributed by atoms with Crippen LogP contribution in [-0.2, 0) is 6.54 Å². The van der Waals surface area contributed by atoms with E-state index in [-0.39, 0.29) is 0 Å². The minimum absolute atomic E-state index is 0.413. The Hall–Kier alpha value is -4.21. The van der Waals surface area contributed by atoms with Gasteiger partial charge in [-0.25, -0.2) is 9.50 Å². The summed E-state index contributed by atoms with van der Waals surface area (Å²) in [6.45, 7) is 3.02. The lowest BCUT2D eigenvalue weighted by molar-refractivity contribution is 0.202. The maximum Gasteiger partial charge on any atom is 0.213 e. The van der Waals surface area contributed by atoms with Crippen molar-refractivity contribution in [2.24, 2.45) is 0 Å². The van der Waals surface area contributed by atoms with Crippen LogP contribution in [0.1, 0.15) is 30.1 Å². The first kappa shape index (κ1) is 22.9. The predicted molar refractivity (Wildman–Crippen MR) is 149 cm³/mol. The minimum Gasteiger partial charge on any atom is -0.325 e. The van der Waals surface area contributed by atoms with Crippen LogP contribution < -0.4 is 0 Å². The van der Waals surface area contributed by atoms with Crippen molar-refractivity contribution < 1.29 is 0 Å².